The lowest BCUT2D eigenvalue weighted by Crippen LogP contribution is -2.49. The van der Waals surface area contributed by atoms with Gasteiger partial charge in [-0.15, -0.1) is 5.10 Å². The predicted octanol–water partition coefficient (Wildman–Crippen LogP) is 5.78. The van der Waals surface area contributed by atoms with E-state index in [1.807, 2.05) is 0 Å². The molecule has 1 unspecified atom stereocenters. The van der Waals surface area contributed by atoms with Crippen molar-refractivity contribution in [2.45, 2.75) is 60.8 Å². The number of fused-ring (bicyclic) bond motifs is 2. The van der Waals surface area contributed by atoms with Gasteiger partial charge in [0.25, 0.3) is 5.91 Å². The molecule has 8 rings (SSSR count). The van der Waals surface area contributed by atoms with Gasteiger partial charge in [-0.3, -0.25) is 4.79 Å². The van der Waals surface area contributed by atoms with Crippen LogP contribution in [0.5, 0.6) is 0 Å². The molecule has 0 radical (unpaired) electrons. The summed E-state index contributed by atoms with van der Waals surface area (Å²) in [6.07, 6.45) is 8.39. The Balaban J connectivity index is 1.26. The fourth-order valence-corrected chi connectivity index (χ4v) is 8.46. The summed E-state index contributed by atoms with van der Waals surface area (Å²) in [4.78, 5) is 18.1. The van der Waals surface area contributed by atoms with Crippen molar-refractivity contribution in [1.29, 1.82) is 0 Å². The summed E-state index contributed by atoms with van der Waals surface area (Å²) in [5.74, 6) is 3.61. The van der Waals surface area contributed by atoms with Gasteiger partial charge in [0.1, 0.15) is 0 Å². The monoisotopic (exact) mass is 415 g/mol. The average molecular weight is 416 g/mol. The highest BCUT2D eigenvalue weighted by Crippen LogP contribution is 2.60. The number of nitrogens with zero attached hydrogens (tertiary/aromatic N) is 3. The zero-order chi connectivity index (χ0) is 19.9. The number of hydrogen-bond acceptors (Lipinski definition) is 4. The van der Waals surface area contributed by atoms with Crippen molar-refractivity contribution < 1.29 is 4.79 Å². The van der Waals surface area contributed by atoms with E-state index in [0.29, 0.717) is 6.42 Å². The molecule has 1 aliphatic heterocycles. The summed E-state index contributed by atoms with van der Waals surface area (Å²) < 4.78 is 1.63. The Morgan fingerprint density at radius 2 is 1.63 bits per heavy atom. The summed E-state index contributed by atoms with van der Waals surface area (Å²) in [5, 5.41) is 8.21. The quantitative estimate of drug-likeness (QED) is 0.533. The van der Waals surface area contributed by atoms with Crippen LogP contribution >= 0.6 is 11.8 Å². The maximum atomic E-state index is 13.1. The molecule has 2 aromatic carbocycles. The van der Waals surface area contributed by atoms with Crippen molar-refractivity contribution in [2.24, 2.45) is 17.8 Å². The van der Waals surface area contributed by atoms with Crippen LogP contribution in [-0.2, 0) is 5.41 Å². The summed E-state index contributed by atoms with van der Waals surface area (Å²) >= 11 is 1.72. The van der Waals surface area contributed by atoms with Gasteiger partial charge in [-0.05, 0) is 72.6 Å². The number of carbonyl (C=O) groups is 1. The maximum absolute atomic E-state index is 13.1. The van der Waals surface area contributed by atoms with Crippen molar-refractivity contribution in [2.75, 3.05) is 0 Å². The second-order valence-electron chi connectivity index (χ2n) is 10.1. The normalized spacial score (nSPS) is 34.5. The molecule has 4 aliphatic carbocycles. The molecule has 4 nitrogen and oxygen atoms in total. The first-order valence-corrected chi connectivity index (χ1v) is 12.2. The third-order valence-electron chi connectivity index (χ3n) is 8.10. The number of rotatable bonds is 2. The first-order chi connectivity index (χ1) is 14.7. The Bertz CT molecular complexity index is 1140. The summed E-state index contributed by atoms with van der Waals surface area (Å²) in [7, 11) is 0. The van der Waals surface area contributed by atoms with E-state index in [0.717, 1.165) is 28.7 Å². The Morgan fingerprint density at radius 1 is 0.933 bits per heavy atom. The Kier molecular flexibility index (Phi) is 3.62. The predicted molar refractivity (Wildman–Crippen MR) is 118 cm³/mol. The van der Waals surface area contributed by atoms with E-state index in [2.05, 4.69) is 42.5 Å². The molecule has 0 N–H and O–H groups in total. The molecule has 30 heavy (non-hydrogen) atoms. The van der Waals surface area contributed by atoms with E-state index >= 15 is 0 Å². The fourth-order valence-electron chi connectivity index (χ4n) is 7.26. The van der Waals surface area contributed by atoms with Gasteiger partial charge in [-0.25, -0.2) is 4.98 Å². The van der Waals surface area contributed by atoms with Crippen LogP contribution in [0.2, 0.25) is 0 Å². The van der Waals surface area contributed by atoms with Crippen LogP contribution in [-0.4, -0.2) is 20.7 Å². The first-order valence-electron chi connectivity index (χ1n) is 11.3. The summed E-state index contributed by atoms with van der Waals surface area (Å²) in [5.41, 5.74) is 1.37. The van der Waals surface area contributed by atoms with Crippen LogP contribution in [0.3, 0.4) is 0 Å². The second-order valence-corrected chi connectivity index (χ2v) is 11.3. The number of hydrogen-bond donors (Lipinski definition) is 0. The summed E-state index contributed by atoms with van der Waals surface area (Å²) in [6.45, 7) is 0. The van der Waals surface area contributed by atoms with Crippen LogP contribution in [0.4, 0.5) is 0 Å². The summed E-state index contributed by atoms with van der Waals surface area (Å²) in [6, 6.07) is 14.9. The minimum atomic E-state index is 0.0881. The van der Waals surface area contributed by atoms with Crippen LogP contribution < -0.4 is 0 Å². The molecule has 2 heterocycles. The van der Waals surface area contributed by atoms with Crippen LogP contribution in [0.1, 0.15) is 66.4 Å². The van der Waals surface area contributed by atoms with Crippen molar-refractivity contribution in [3.63, 3.8) is 0 Å². The molecule has 5 aliphatic rings. The van der Waals surface area contributed by atoms with Crippen molar-refractivity contribution >= 4 is 28.4 Å². The standard InChI is InChI=1S/C25H25N3OS/c29-22-11-21(20-7-3-5-18-4-1-2-6-19(18)20)30-24-26-23(27-28(22)24)25-12-15-8-16(13-25)10-17(9-15)14-25/h1-7,15-17,21H,8-14H2. The third kappa shape index (κ3) is 2.51. The van der Waals surface area contributed by atoms with Crippen molar-refractivity contribution in [3.8, 4) is 0 Å². The molecule has 3 aromatic rings. The van der Waals surface area contributed by atoms with E-state index in [4.69, 9.17) is 10.1 Å². The number of benzene rings is 2. The Morgan fingerprint density at radius 3 is 2.40 bits per heavy atom. The second kappa shape index (κ2) is 6.19. The zero-order valence-electron chi connectivity index (χ0n) is 17.0. The highest BCUT2D eigenvalue weighted by Gasteiger charge is 2.54. The van der Waals surface area contributed by atoms with Crippen molar-refractivity contribution in [1.82, 2.24) is 14.8 Å². The molecule has 1 aromatic heterocycles. The Labute approximate surface area is 180 Å². The van der Waals surface area contributed by atoms with Gasteiger partial charge in [-0.2, -0.15) is 4.68 Å². The SMILES string of the molecule is O=C1CC(c2cccc3ccccc23)Sc2nc(C34CC5CC(CC(C5)C3)C4)nn21. The third-order valence-corrected chi connectivity index (χ3v) is 9.28. The number of carbonyl (C=O) groups excluding carboxylic acids is 1. The van der Waals surface area contributed by atoms with Crippen molar-refractivity contribution in [3.05, 3.63) is 53.9 Å². The fraction of sp³-hybridized carbons (Fsp3) is 0.480. The largest absolute Gasteiger partial charge is 0.272 e. The average Bonchev–Trinajstić information content (AvgIpc) is 3.18. The zero-order valence-corrected chi connectivity index (χ0v) is 17.8. The van der Waals surface area contributed by atoms with Gasteiger partial charge >= 0.3 is 0 Å². The lowest BCUT2D eigenvalue weighted by Gasteiger charge is -2.55. The lowest BCUT2D eigenvalue weighted by atomic mass is 9.49. The molecule has 0 saturated heterocycles. The van der Waals surface area contributed by atoms with E-state index < -0.39 is 0 Å². The highest BCUT2D eigenvalue weighted by atomic mass is 32.2. The van der Waals surface area contributed by atoms with Gasteiger partial charge in [-0.1, -0.05) is 54.2 Å². The van der Waals surface area contributed by atoms with E-state index in [1.54, 1.807) is 16.4 Å². The van der Waals surface area contributed by atoms with Crippen LogP contribution in [0.15, 0.2) is 47.6 Å². The molecular formula is C25H25N3OS. The smallest absolute Gasteiger partial charge is 0.250 e. The van der Waals surface area contributed by atoms with Crippen LogP contribution in [0.25, 0.3) is 10.8 Å². The number of aromatic nitrogens is 3. The molecular weight excluding hydrogens is 390 g/mol. The van der Waals surface area contributed by atoms with Gasteiger partial charge < -0.3 is 0 Å². The minimum absolute atomic E-state index is 0.0881. The molecule has 4 bridgehead atoms. The van der Waals surface area contributed by atoms with E-state index in [-0.39, 0.29) is 16.6 Å². The highest BCUT2D eigenvalue weighted by molar-refractivity contribution is 7.99. The molecule has 0 amide bonds. The Hall–Kier alpha value is -2.14. The van der Waals surface area contributed by atoms with E-state index in [9.17, 15) is 4.79 Å². The first kappa shape index (κ1) is 17.5. The molecule has 5 heteroatoms. The van der Waals surface area contributed by atoms with Gasteiger partial charge in [0.05, 0.1) is 0 Å². The minimum Gasteiger partial charge on any atom is -0.272 e. The lowest BCUT2D eigenvalue weighted by molar-refractivity contribution is -0.00944. The van der Waals surface area contributed by atoms with Gasteiger partial charge in [0, 0.05) is 17.1 Å². The van der Waals surface area contributed by atoms with Gasteiger partial charge in [0.2, 0.25) is 0 Å². The maximum Gasteiger partial charge on any atom is 0.250 e. The molecule has 4 saturated carbocycles. The molecule has 4 fully saturated rings. The van der Waals surface area contributed by atoms with Crippen LogP contribution in [0, 0.1) is 17.8 Å². The van der Waals surface area contributed by atoms with E-state index in [1.165, 1.54) is 54.9 Å². The number of thioether (sulfide) groups is 1. The van der Waals surface area contributed by atoms with Gasteiger partial charge in [0.15, 0.2) is 11.0 Å². The molecule has 152 valence electrons. The molecule has 1 atom stereocenters. The topological polar surface area (TPSA) is 47.8 Å². The molecule has 0 spiro atoms.